The molecule has 2 N–H and O–H groups in total. The van der Waals surface area contributed by atoms with Gasteiger partial charge in [-0.2, -0.15) is 0 Å². The third-order valence-electron chi connectivity index (χ3n) is 3.07. The molecule has 2 atom stereocenters. The lowest BCUT2D eigenvalue weighted by molar-refractivity contribution is -0.140. The summed E-state index contributed by atoms with van der Waals surface area (Å²) in [6.45, 7) is 3.71. The molecule has 1 aliphatic heterocycles. The largest absolute Gasteiger partial charge is 0.327 e. The van der Waals surface area contributed by atoms with Crippen molar-refractivity contribution in [1.82, 2.24) is 4.90 Å². The van der Waals surface area contributed by atoms with E-state index in [1.807, 2.05) is 19.9 Å². The van der Waals surface area contributed by atoms with Crippen LogP contribution in [0.4, 0.5) is 0 Å². The van der Waals surface area contributed by atoms with Crippen molar-refractivity contribution in [3.63, 3.8) is 0 Å². The fraction of sp³-hybridized carbons (Fsp3) is 0.636. The minimum atomic E-state index is -0.274. The summed E-state index contributed by atoms with van der Waals surface area (Å²) in [5.74, 6) is -0.466. The van der Waals surface area contributed by atoms with Gasteiger partial charge in [0.2, 0.25) is 5.91 Å². The van der Waals surface area contributed by atoms with Gasteiger partial charge in [-0.3, -0.25) is 14.5 Å². The van der Waals surface area contributed by atoms with Gasteiger partial charge in [0.05, 0.1) is 5.92 Å². The summed E-state index contributed by atoms with van der Waals surface area (Å²) < 4.78 is 0. The SMILES string of the molecule is CC(C)N1C(=O)C2=CC[C@@H](N)CC2C1=O. The molecule has 82 valence electrons. The quantitative estimate of drug-likeness (QED) is 0.635. The molecule has 1 unspecified atom stereocenters. The summed E-state index contributed by atoms with van der Waals surface area (Å²) >= 11 is 0. The first-order valence-corrected chi connectivity index (χ1v) is 5.35. The molecule has 4 heteroatoms. The molecule has 0 bridgehead atoms. The number of nitrogens with two attached hydrogens (primary N) is 1. The van der Waals surface area contributed by atoms with Crippen molar-refractivity contribution >= 4 is 11.8 Å². The summed E-state index contributed by atoms with van der Waals surface area (Å²) in [5.41, 5.74) is 6.46. The van der Waals surface area contributed by atoms with Crippen molar-refractivity contribution in [2.24, 2.45) is 11.7 Å². The van der Waals surface area contributed by atoms with E-state index in [2.05, 4.69) is 0 Å². The number of fused-ring (bicyclic) bond motifs is 1. The number of nitrogens with zero attached hydrogens (tertiary/aromatic N) is 1. The lowest BCUT2D eigenvalue weighted by atomic mass is 9.87. The number of rotatable bonds is 1. The van der Waals surface area contributed by atoms with E-state index < -0.39 is 0 Å². The standard InChI is InChI=1S/C11H16N2O2/c1-6(2)13-10(14)8-4-3-7(12)5-9(8)11(13)15/h4,6-7,9H,3,5,12H2,1-2H3/t7-,9?/m1/s1. The van der Waals surface area contributed by atoms with Crippen LogP contribution in [0.15, 0.2) is 11.6 Å². The number of hydrogen-bond acceptors (Lipinski definition) is 3. The zero-order valence-electron chi connectivity index (χ0n) is 9.06. The topological polar surface area (TPSA) is 63.4 Å². The second-order valence-corrected chi connectivity index (χ2v) is 4.55. The average molecular weight is 208 g/mol. The molecule has 1 heterocycles. The van der Waals surface area contributed by atoms with Gasteiger partial charge in [0.1, 0.15) is 0 Å². The minimum absolute atomic E-state index is 0.0163. The van der Waals surface area contributed by atoms with Crippen LogP contribution in [0.25, 0.3) is 0 Å². The van der Waals surface area contributed by atoms with Crippen molar-refractivity contribution in [2.75, 3.05) is 0 Å². The Hall–Kier alpha value is -1.16. The number of carbonyl (C=O) groups excluding carboxylic acids is 2. The van der Waals surface area contributed by atoms with Crippen LogP contribution in [-0.4, -0.2) is 28.8 Å². The Morgan fingerprint density at radius 2 is 2.13 bits per heavy atom. The first-order valence-electron chi connectivity index (χ1n) is 5.35. The van der Waals surface area contributed by atoms with Gasteiger partial charge in [-0.1, -0.05) is 6.08 Å². The molecule has 15 heavy (non-hydrogen) atoms. The molecular weight excluding hydrogens is 192 g/mol. The van der Waals surface area contributed by atoms with E-state index in [0.717, 1.165) is 0 Å². The number of hydrogen-bond donors (Lipinski definition) is 1. The minimum Gasteiger partial charge on any atom is -0.327 e. The highest BCUT2D eigenvalue weighted by Crippen LogP contribution is 2.34. The zero-order valence-corrected chi connectivity index (χ0v) is 9.06. The lowest BCUT2D eigenvalue weighted by Crippen LogP contribution is -2.37. The Bertz CT molecular complexity index is 346. The summed E-state index contributed by atoms with van der Waals surface area (Å²) in [5, 5.41) is 0. The maximum Gasteiger partial charge on any atom is 0.257 e. The van der Waals surface area contributed by atoms with Crippen LogP contribution in [0.2, 0.25) is 0 Å². The van der Waals surface area contributed by atoms with Gasteiger partial charge < -0.3 is 5.73 Å². The van der Waals surface area contributed by atoms with Crippen molar-refractivity contribution in [3.8, 4) is 0 Å². The highest BCUT2D eigenvalue weighted by atomic mass is 16.2. The van der Waals surface area contributed by atoms with Crippen LogP contribution in [0.1, 0.15) is 26.7 Å². The molecule has 2 amide bonds. The van der Waals surface area contributed by atoms with Crippen molar-refractivity contribution in [2.45, 2.75) is 38.8 Å². The van der Waals surface area contributed by atoms with Crippen LogP contribution in [0.5, 0.6) is 0 Å². The van der Waals surface area contributed by atoms with Crippen LogP contribution in [0, 0.1) is 5.92 Å². The van der Waals surface area contributed by atoms with Gasteiger partial charge in [-0.25, -0.2) is 0 Å². The van der Waals surface area contributed by atoms with Crippen LogP contribution in [-0.2, 0) is 9.59 Å². The Kier molecular flexibility index (Phi) is 2.38. The van der Waals surface area contributed by atoms with E-state index in [-0.39, 0.29) is 29.8 Å². The Morgan fingerprint density at radius 1 is 1.47 bits per heavy atom. The second kappa shape index (κ2) is 3.45. The smallest absolute Gasteiger partial charge is 0.257 e. The number of amides is 2. The van der Waals surface area contributed by atoms with E-state index >= 15 is 0 Å². The van der Waals surface area contributed by atoms with Gasteiger partial charge in [0, 0.05) is 17.7 Å². The summed E-state index contributed by atoms with van der Waals surface area (Å²) in [6.07, 6.45) is 3.15. The zero-order chi connectivity index (χ0) is 11.2. The highest BCUT2D eigenvalue weighted by molar-refractivity contribution is 6.15. The van der Waals surface area contributed by atoms with Crippen molar-refractivity contribution < 1.29 is 9.59 Å². The van der Waals surface area contributed by atoms with Gasteiger partial charge in [0.15, 0.2) is 0 Å². The normalized spacial score (nSPS) is 30.9. The average Bonchev–Trinajstić information content (AvgIpc) is 2.39. The maximum atomic E-state index is 11.9. The van der Waals surface area contributed by atoms with Gasteiger partial charge in [0.25, 0.3) is 5.91 Å². The fourth-order valence-corrected chi connectivity index (χ4v) is 2.31. The van der Waals surface area contributed by atoms with Gasteiger partial charge in [-0.05, 0) is 26.7 Å². The molecule has 0 radical (unpaired) electrons. The molecule has 0 saturated carbocycles. The van der Waals surface area contributed by atoms with Crippen LogP contribution >= 0.6 is 0 Å². The summed E-state index contributed by atoms with van der Waals surface area (Å²) in [6, 6.07) is -0.0460. The molecule has 0 spiro atoms. The first-order chi connectivity index (χ1) is 7.02. The van der Waals surface area contributed by atoms with Crippen molar-refractivity contribution in [3.05, 3.63) is 11.6 Å². The Balaban J connectivity index is 2.34. The van der Waals surface area contributed by atoms with Gasteiger partial charge >= 0.3 is 0 Å². The number of imide groups is 1. The predicted molar refractivity (Wildman–Crippen MR) is 55.8 cm³/mol. The third-order valence-corrected chi connectivity index (χ3v) is 3.07. The summed E-state index contributed by atoms with van der Waals surface area (Å²) in [7, 11) is 0. The molecule has 1 aliphatic carbocycles. The molecule has 0 aromatic carbocycles. The van der Waals surface area contributed by atoms with E-state index in [0.29, 0.717) is 18.4 Å². The molecule has 2 rings (SSSR count). The summed E-state index contributed by atoms with van der Waals surface area (Å²) in [4.78, 5) is 25.2. The monoisotopic (exact) mass is 208 g/mol. The van der Waals surface area contributed by atoms with E-state index in [4.69, 9.17) is 5.73 Å². The molecule has 1 saturated heterocycles. The third kappa shape index (κ3) is 1.49. The van der Waals surface area contributed by atoms with E-state index in [1.54, 1.807) is 0 Å². The second-order valence-electron chi connectivity index (χ2n) is 4.55. The number of carbonyl (C=O) groups is 2. The first kappa shape index (κ1) is 10.4. The fourth-order valence-electron chi connectivity index (χ4n) is 2.31. The van der Waals surface area contributed by atoms with Crippen LogP contribution in [0.3, 0.4) is 0 Å². The molecule has 0 aromatic heterocycles. The van der Waals surface area contributed by atoms with E-state index in [9.17, 15) is 9.59 Å². The Morgan fingerprint density at radius 3 is 2.73 bits per heavy atom. The van der Waals surface area contributed by atoms with Gasteiger partial charge in [-0.15, -0.1) is 0 Å². The molecule has 4 nitrogen and oxygen atoms in total. The Labute approximate surface area is 89.1 Å². The molecule has 0 aromatic rings. The van der Waals surface area contributed by atoms with E-state index in [1.165, 1.54) is 4.90 Å². The number of likely N-dealkylation sites (tertiary alicyclic amines) is 1. The molecule has 1 fully saturated rings. The molecular formula is C11H16N2O2. The lowest BCUT2D eigenvalue weighted by Gasteiger charge is -2.20. The van der Waals surface area contributed by atoms with Crippen LogP contribution < -0.4 is 5.73 Å². The molecule has 2 aliphatic rings. The van der Waals surface area contributed by atoms with Crippen molar-refractivity contribution in [1.29, 1.82) is 0 Å². The maximum absolute atomic E-state index is 11.9. The predicted octanol–water partition coefficient (Wildman–Crippen LogP) is 0.427. The highest BCUT2D eigenvalue weighted by Gasteiger charge is 2.45.